The number of benzene rings is 1. The number of rotatable bonds is 15. The summed E-state index contributed by atoms with van der Waals surface area (Å²) < 4.78 is 11.0. The number of carbonyl (C=O) groups is 5. The number of fused-ring (bicyclic) bond motifs is 1. The van der Waals surface area contributed by atoms with Crippen molar-refractivity contribution < 1.29 is 43.7 Å². The molecule has 240 valence electrons. The van der Waals surface area contributed by atoms with E-state index in [9.17, 15) is 34.2 Å². The van der Waals surface area contributed by atoms with E-state index in [2.05, 4.69) is 15.2 Å². The fourth-order valence-corrected chi connectivity index (χ4v) is 4.88. The molecule has 0 radical (unpaired) electrons. The number of hydrogen-bond acceptors (Lipinski definition) is 9. The van der Waals surface area contributed by atoms with Gasteiger partial charge < -0.3 is 39.7 Å². The first-order valence-electron chi connectivity index (χ1n) is 14.8. The Balaban J connectivity index is 1.82. The van der Waals surface area contributed by atoms with Crippen LogP contribution in [0.4, 0.5) is 4.79 Å². The highest BCUT2D eigenvalue weighted by molar-refractivity contribution is 5.99. The summed E-state index contributed by atoms with van der Waals surface area (Å²) in [4.78, 5) is 71.8. The molecular formula is C30H41N5O9. The maximum atomic E-state index is 13.5. The predicted octanol–water partition coefficient (Wildman–Crippen LogP) is 2.06. The van der Waals surface area contributed by atoms with Gasteiger partial charge in [-0.05, 0) is 38.6 Å². The first-order valence-corrected chi connectivity index (χ1v) is 14.8. The van der Waals surface area contributed by atoms with E-state index >= 15 is 0 Å². The van der Waals surface area contributed by atoms with Gasteiger partial charge >= 0.3 is 18.0 Å². The molecule has 44 heavy (non-hydrogen) atoms. The second kappa shape index (κ2) is 16.4. The molecule has 14 nitrogen and oxygen atoms in total. The zero-order chi connectivity index (χ0) is 32.2. The highest BCUT2D eigenvalue weighted by Gasteiger charge is 2.31. The van der Waals surface area contributed by atoms with Crippen LogP contribution in [0.3, 0.4) is 0 Å². The maximum Gasteiger partial charge on any atom is 0.409 e. The van der Waals surface area contributed by atoms with Crippen LogP contribution in [-0.2, 0) is 19.1 Å². The number of carboxylic acids is 2. The topological polar surface area (TPSA) is 179 Å². The maximum absolute atomic E-state index is 13.5. The Kier molecular flexibility index (Phi) is 12.7. The average molecular weight is 616 g/mol. The first-order chi connectivity index (χ1) is 21.1. The van der Waals surface area contributed by atoms with Crippen molar-refractivity contribution in [3.8, 4) is 5.75 Å². The third-order valence-corrected chi connectivity index (χ3v) is 7.43. The van der Waals surface area contributed by atoms with Gasteiger partial charge in [-0.2, -0.15) is 0 Å². The molecule has 1 aliphatic rings. The van der Waals surface area contributed by atoms with Crippen LogP contribution in [-0.4, -0.2) is 124 Å². The fraction of sp³-hybridized carbons (Fsp3) is 0.533. The molecule has 1 aliphatic heterocycles. The van der Waals surface area contributed by atoms with E-state index in [-0.39, 0.29) is 63.5 Å². The molecule has 2 aromatic rings. The van der Waals surface area contributed by atoms with Crippen molar-refractivity contribution in [1.29, 1.82) is 0 Å². The van der Waals surface area contributed by atoms with Crippen LogP contribution in [0, 0.1) is 0 Å². The molecule has 2 heterocycles. The van der Waals surface area contributed by atoms with Gasteiger partial charge in [0.15, 0.2) is 6.10 Å². The lowest BCUT2D eigenvalue weighted by molar-refractivity contribution is -0.145. The Morgan fingerprint density at radius 1 is 0.977 bits per heavy atom. The van der Waals surface area contributed by atoms with E-state index < -0.39 is 42.0 Å². The third-order valence-electron chi connectivity index (χ3n) is 7.43. The Bertz CT molecular complexity index is 1330. The summed E-state index contributed by atoms with van der Waals surface area (Å²) >= 11 is 0. The number of carboxylic acid groups (broad SMARTS) is 2. The number of hydrogen-bond donors (Lipinski definition) is 3. The Labute approximate surface area is 255 Å². The zero-order valence-electron chi connectivity index (χ0n) is 25.4. The van der Waals surface area contributed by atoms with Crippen LogP contribution in [0.1, 0.15) is 50.5 Å². The number of piperazine rings is 1. The summed E-state index contributed by atoms with van der Waals surface area (Å²) in [5, 5.41) is 22.3. The highest BCUT2D eigenvalue weighted by Crippen LogP contribution is 2.27. The van der Waals surface area contributed by atoms with Gasteiger partial charge in [-0.25, -0.2) is 14.6 Å². The molecule has 1 fully saturated rings. The number of ether oxygens (including phenoxy) is 2. The number of nitrogens with zero attached hydrogens (tertiary/aromatic N) is 4. The van der Waals surface area contributed by atoms with Crippen molar-refractivity contribution in [3.05, 3.63) is 36.0 Å². The monoisotopic (exact) mass is 615 g/mol. The van der Waals surface area contributed by atoms with Crippen molar-refractivity contribution in [3.63, 3.8) is 0 Å². The molecule has 1 aromatic heterocycles. The summed E-state index contributed by atoms with van der Waals surface area (Å²) in [5.74, 6) is -3.36. The second-order valence-corrected chi connectivity index (χ2v) is 10.3. The minimum absolute atomic E-state index is 0.119. The highest BCUT2D eigenvalue weighted by atomic mass is 16.6. The number of carbonyl (C=O) groups excluding carboxylic acids is 3. The van der Waals surface area contributed by atoms with Crippen LogP contribution in [0.15, 0.2) is 30.3 Å². The summed E-state index contributed by atoms with van der Waals surface area (Å²) in [6.07, 6.45) is -1.98. The molecule has 0 spiro atoms. The smallest absolute Gasteiger partial charge is 0.409 e. The predicted molar refractivity (Wildman–Crippen MR) is 159 cm³/mol. The summed E-state index contributed by atoms with van der Waals surface area (Å²) in [6, 6.07) is 6.97. The van der Waals surface area contributed by atoms with Crippen LogP contribution >= 0.6 is 0 Å². The summed E-state index contributed by atoms with van der Waals surface area (Å²) in [7, 11) is 0. The second-order valence-electron chi connectivity index (χ2n) is 10.3. The van der Waals surface area contributed by atoms with E-state index in [1.165, 1.54) is 15.9 Å². The van der Waals surface area contributed by atoms with E-state index in [0.717, 1.165) is 13.1 Å². The standard InChI is InChI=1S/C30H41N5O9/c1-4-33(5-2)14-13-24(29(40)41)44-25-19-23(31-21-10-8-7-9-20(21)25)27(38)32-22(11-12-26(36)37)28(39)34-15-17-35(18-16-34)30(42)43-6-3/h7-10,19,22,24H,4-6,11-18H2,1-3H3,(H,32,38)(H,36,37)(H,40,41). The molecule has 3 amide bonds. The van der Waals surface area contributed by atoms with Crippen molar-refractivity contribution >= 4 is 40.7 Å². The minimum atomic E-state index is -1.18. The van der Waals surface area contributed by atoms with Crippen molar-refractivity contribution in [2.45, 2.75) is 52.2 Å². The molecule has 3 N–H and O–H groups in total. The number of aliphatic carboxylic acids is 2. The van der Waals surface area contributed by atoms with Crippen LogP contribution in [0.25, 0.3) is 10.9 Å². The first kappa shape index (κ1) is 34.0. The molecule has 1 aromatic carbocycles. The number of amides is 3. The van der Waals surface area contributed by atoms with Gasteiger partial charge in [-0.1, -0.05) is 26.0 Å². The van der Waals surface area contributed by atoms with Gasteiger partial charge in [0.2, 0.25) is 5.91 Å². The lowest BCUT2D eigenvalue weighted by atomic mass is 10.1. The number of aromatic nitrogens is 1. The molecule has 14 heteroatoms. The summed E-state index contributed by atoms with van der Waals surface area (Å²) in [6.45, 7) is 8.75. The molecule has 0 bridgehead atoms. The third kappa shape index (κ3) is 9.27. The van der Waals surface area contributed by atoms with E-state index in [1.54, 1.807) is 31.2 Å². The van der Waals surface area contributed by atoms with Gasteiger partial charge in [0.1, 0.15) is 17.5 Å². The van der Waals surface area contributed by atoms with Crippen LogP contribution in [0.5, 0.6) is 5.75 Å². The lowest BCUT2D eigenvalue weighted by Crippen LogP contribution is -2.56. The Hall–Kier alpha value is -4.46. The number of para-hydroxylation sites is 1. The molecule has 2 unspecified atom stereocenters. The molecule has 2 atom stereocenters. The van der Waals surface area contributed by atoms with Crippen molar-refractivity contribution in [2.75, 3.05) is 52.4 Å². The average Bonchev–Trinajstić information content (AvgIpc) is 3.02. The molecule has 0 aliphatic carbocycles. The van der Waals surface area contributed by atoms with Gasteiger partial charge in [0, 0.05) is 57.0 Å². The quantitative estimate of drug-likeness (QED) is 0.267. The van der Waals surface area contributed by atoms with E-state index in [0.29, 0.717) is 17.4 Å². The SMILES string of the molecule is CCOC(=O)N1CCN(C(=O)C(CCC(=O)O)NC(=O)c2cc(OC(CCN(CC)CC)C(=O)O)c3ccccc3n2)CC1. The van der Waals surface area contributed by atoms with Crippen LogP contribution < -0.4 is 10.1 Å². The van der Waals surface area contributed by atoms with E-state index in [1.807, 2.05) is 13.8 Å². The Morgan fingerprint density at radius 3 is 2.25 bits per heavy atom. The van der Waals surface area contributed by atoms with Gasteiger partial charge in [-0.3, -0.25) is 14.4 Å². The number of pyridine rings is 1. The van der Waals surface area contributed by atoms with Gasteiger partial charge in [-0.15, -0.1) is 0 Å². The molecule has 3 rings (SSSR count). The molecule has 1 saturated heterocycles. The minimum Gasteiger partial charge on any atom is -0.481 e. The zero-order valence-corrected chi connectivity index (χ0v) is 25.4. The Morgan fingerprint density at radius 2 is 1.64 bits per heavy atom. The van der Waals surface area contributed by atoms with Gasteiger partial charge in [0.25, 0.3) is 5.91 Å². The normalized spacial score (nSPS) is 14.6. The van der Waals surface area contributed by atoms with Gasteiger partial charge in [0.05, 0.1) is 12.1 Å². The van der Waals surface area contributed by atoms with E-state index in [4.69, 9.17) is 9.47 Å². The summed E-state index contributed by atoms with van der Waals surface area (Å²) in [5.41, 5.74) is 0.262. The van der Waals surface area contributed by atoms with Crippen molar-refractivity contribution in [1.82, 2.24) is 25.0 Å². The van der Waals surface area contributed by atoms with Crippen LogP contribution in [0.2, 0.25) is 0 Å². The largest absolute Gasteiger partial charge is 0.481 e. The van der Waals surface area contributed by atoms with Crippen molar-refractivity contribution in [2.24, 2.45) is 0 Å². The lowest BCUT2D eigenvalue weighted by Gasteiger charge is -2.35. The fourth-order valence-electron chi connectivity index (χ4n) is 4.88. The number of nitrogens with one attached hydrogen (secondary N) is 1. The molecular weight excluding hydrogens is 574 g/mol. The molecule has 0 saturated carbocycles.